The Kier molecular flexibility index (Phi) is 7.39. The number of rotatable bonds is 7. The molecule has 29 heavy (non-hydrogen) atoms. The van der Waals surface area contributed by atoms with Gasteiger partial charge in [0.05, 0.1) is 18.8 Å². The third kappa shape index (κ3) is 5.85. The first-order valence-electron chi connectivity index (χ1n) is 10.0. The van der Waals surface area contributed by atoms with E-state index in [0.29, 0.717) is 37.2 Å². The summed E-state index contributed by atoms with van der Waals surface area (Å²) in [7, 11) is 0. The number of carbonyl (C=O) groups is 2. The highest BCUT2D eigenvalue weighted by atomic mass is 32.2. The minimum atomic E-state index is -2.37. The van der Waals surface area contributed by atoms with Crippen LogP contribution in [0, 0.1) is 0 Å². The highest BCUT2D eigenvalue weighted by Gasteiger charge is 2.27. The molecule has 1 aliphatic carbocycles. The number of aryl methyl sites for hydroxylation is 1. The van der Waals surface area contributed by atoms with Crippen LogP contribution in [0.4, 0.5) is 5.69 Å². The number of fused-ring (bicyclic) bond motifs is 1. The van der Waals surface area contributed by atoms with Gasteiger partial charge in [0.2, 0.25) is 0 Å². The quantitative estimate of drug-likeness (QED) is 0.490. The molecule has 160 valence electrons. The van der Waals surface area contributed by atoms with E-state index in [1.807, 2.05) is 6.07 Å². The Morgan fingerprint density at radius 1 is 1.17 bits per heavy atom. The Hall–Kier alpha value is -1.81. The molecule has 0 spiro atoms. The number of aromatic hydroxyl groups is 1. The molecular weight excluding hydrogens is 394 g/mol. The summed E-state index contributed by atoms with van der Waals surface area (Å²) >= 11 is -2.37. The van der Waals surface area contributed by atoms with Gasteiger partial charge in [-0.05, 0) is 56.2 Å². The van der Waals surface area contributed by atoms with Gasteiger partial charge in [-0.1, -0.05) is 6.07 Å². The summed E-state index contributed by atoms with van der Waals surface area (Å²) in [5, 5.41) is 17.3. The number of phenols is 1. The molecule has 1 aliphatic heterocycles. The number of hydrogen-bond donors (Lipinski definition) is 4. The van der Waals surface area contributed by atoms with Crippen LogP contribution in [0.25, 0.3) is 0 Å². The molecule has 1 fully saturated rings. The van der Waals surface area contributed by atoms with Gasteiger partial charge < -0.3 is 15.7 Å². The number of anilines is 1. The summed E-state index contributed by atoms with van der Waals surface area (Å²) in [4.78, 5) is 23.0. The third-order valence-corrected chi connectivity index (χ3v) is 6.31. The number of hydrogen-bond acceptors (Lipinski definition) is 6. The van der Waals surface area contributed by atoms with Crippen molar-refractivity contribution in [2.75, 3.05) is 17.4 Å². The Morgan fingerprint density at radius 2 is 1.83 bits per heavy atom. The lowest BCUT2D eigenvalue weighted by Crippen LogP contribution is -2.41. The van der Waals surface area contributed by atoms with Crippen LogP contribution in [0.3, 0.4) is 0 Å². The molecule has 2 aliphatic rings. The van der Waals surface area contributed by atoms with Crippen LogP contribution < -0.4 is 14.9 Å². The Morgan fingerprint density at radius 3 is 2.45 bits per heavy atom. The van der Waals surface area contributed by atoms with Gasteiger partial charge in [-0.15, -0.1) is 0 Å². The molecule has 0 saturated heterocycles. The van der Waals surface area contributed by atoms with Gasteiger partial charge in [-0.2, -0.15) is 0 Å². The highest BCUT2D eigenvalue weighted by Crippen LogP contribution is 2.36. The smallest absolute Gasteiger partial charge is 0.262 e. The lowest BCUT2D eigenvalue weighted by Gasteiger charge is -2.30. The van der Waals surface area contributed by atoms with Gasteiger partial charge in [0.1, 0.15) is 11.5 Å². The van der Waals surface area contributed by atoms with Crippen molar-refractivity contribution in [3.05, 3.63) is 23.3 Å². The number of nitrogens with zero attached hydrogens (tertiary/aromatic N) is 1. The molecule has 0 bridgehead atoms. The van der Waals surface area contributed by atoms with Crippen molar-refractivity contribution in [3.63, 3.8) is 0 Å². The first kappa shape index (κ1) is 21.9. The summed E-state index contributed by atoms with van der Waals surface area (Å²) in [6.45, 7) is 2.41. The standard InChI is InChI=1S/C20H29N3O5S/c1-13(24)10-21-16-3-5-17(6-4-16)22-11-14-8-15-2-7-18(25)12-23(29(27)28)20(15)19(26)9-14/h8-9,16-17,21-22,26H,2-7,10-12H2,1H3,(H,27,28). The van der Waals surface area contributed by atoms with Gasteiger partial charge in [0, 0.05) is 25.0 Å². The fraction of sp³-hybridized carbons (Fsp3) is 0.600. The summed E-state index contributed by atoms with van der Waals surface area (Å²) in [5.41, 5.74) is 1.88. The van der Waals surface area contributed by atoms with Crippen molar-refractivity contribution in [3.8, 4) is 5.75 Å². The van der Waals surface area contributed by atoms with Crippen LogP contribution in [0.2, 0.25) is 0 Å². The van der Waals surface area contributed by atoms with E-state index in [1.54, 1.807) is 13.0 Å². The lowest BCUT2D eigenvalue weighted by atomic mass is 9.91. The third-order valence-electron chi connectivity index (χ3n) is 5.62. The number of phenolic OH excluding ortho intramolecular Hbond substituents is 1. The second kappa shape index (κ2) is 9.80. The van der Waals surface area contributed by atoms with E-state index in [9.17, 15) is 23.5 Å². The topological polar surface area (TPSA) is 119 Å². The Labute approximate surface area is 173 Å². The summed E-state index contributed by atoms with van der Waals surface area (Å²) in [6, 6.07) is 4.26. The van der Waals surface area contributed by atoms with Crippen LogP contribution in [0.1, 0.15) is 50.2 Å². The van der Waals surface area contributed by atoms with Crippen LogP contribution in [-0.4, -0.2) is 50.6 Å². The molecule has 0 aromatic heterocycles. The van der Waals surface area contributed by atoms with Gasteiger partial charge in [-0.25, -0.2) is 4.21 Å². The average molecular weight is 424 g/mol. The van der Waals surface area contributed by atoms with Crippen molar-refractivity contribution >= 4 is 28.5 Å². The van der Waals surface area contributed by atoms with Crippen molar-refractivity contribution in [2.24, 2.45) is 0 Å². The lowest BCUT2D eigenvalue weighted by molar-refractivity contribution is -0.117. The first-order chi connectivity index (χ1) is 13.8. The van der Waals surface area contributed by atoms with E-state index < -0.39 is 11.3 Å². The highest BCUT2D eigenvalue weighted by molar-refractivity contribution is 7.80. The van der Waals surface area contributed by atoms with Gasteiger partial charge in [0.15, 0.2) is 5.78 Å². The van der Waals surface area contributed by atoms with Crippen molar-refractivity contribution in [1.82, 2.24) is 10.6 Å². The number of ketones is 2. The van der Waals surface area contributed by atoms with Gasteiger partial charge in [-0.3, -0.25) is 18.4 Å². The predicted octanol–water partition coefficient (Wildman–Crippen LogP) is 1.43. The van der Waals surface area contributed by atoms with E-state index in [-0.39, 0.29) is 36.0 Å². The minimum absolute atomic E-state index is 0.0754. The van der Waals surface area contributed by atoms with E-state index in [0.717, 1.165) is 35.6 Å². The van der Waals surface area contributed by atoms with Crippen molar-refractivity contribution in [2.45, 2.75) is 64.1 Å². The number of nitrogens with one attached hydrogen (secondary N) is 2. The summed E-state index contributed by atoms with van der Waals surface area (Å²) in [5.74, 6) is -0.0510. The Balaban J connectivity index is 1.60. The molecule has 9 heteroatoms. The van der Waals surface area contributed by atoms with Crippen LogP contribution in [0.5, 0.6) is 5.75 Å². The molecule has 1 aromatic carbocycles. The van der Waals surface area contributed by atoms with E-state index >= 15 is 0 Å². The maximum Gasteiger partial charge on any atom is 0.262 e. The maximum atomic E-state index is 11.9. The zero-order valence-corrected chi connectivity index (χ0v) is 17.5. The second-order valence-corrected chi connectivity index (χ2v) is 8.84. The Bertz CT molecular complexity index is 793. The molecular formula is C20H29N3O5S. The summed E-state index contributed by atoms with van der Waals surface area (Å²) < 4.78 is 22.2. The zero-order chi connectivity index (χ0) is 21.0. The normalized spacial score (nSPS) is 23.4. The monoisotopic (exact) mass is 423 g/mol. The van der Waals surface area contributed by atoms with E-state index in [2.05, 4.69) is 10.6 Å². The van der Waals surface area contributed by atoms with E-state index in [4.69, 9.17) is 0 Å². The number of benzene rings is 1. The second-order valence-electron chi connectivity index (χ2n) is 7.94. The summed E-state index contributed by atoms with van der Waals surface area (Å²) in [6.07, 6.45) is 4.78. The maximum absolute atomic E-state index is 11.9. The predicted molar refractivity (Wildman–Crippen MR) is 111 cm³/mol. The zero-order valence-electron chi connectivity index (χ0n) is 16.6. The molecule has 8 nitrogen and oxygen atoms in total. The SMILES string of the molecule is CC(=O)CNC1CCC(NCc2cc(O)c3c(c2)CCC(=O)CN3S(=O)O)CC1. The fourth-order valence-electron chi connectivity index (χ4n) is 4.10. The molecule has 1 unspecified atom stereocenters. The number of Topliss-reactive ketones (excluding diaryl/α,β-unsaturated/α-hetero) is 2. The minimum Gasteiger partial charge on any atom is -0.506 e. The molecule has 0 amide bonds. The molecule has 1 saturated carbocycles. The first-order valence-corrected chi connectivity index (χ1v) is 11.1. The molecule has 1 atom stereocenters. The van der Waals surface area contributed by atoms with Gasteiger partial charge in [0.25, 0.3) is 11.3 Å². The molecule has 1 aromatic rings. The van der Waals surface area contributed by atoms with Crippen LogP contribution >= 0.6 is 0 Å². The van der Waals surface area contributed by atoms with Crippen molar-refractivity contribution in [1.29, 1.82) is 0 Å². The molecule has 3 rings (SSSR count). The number of carbonyl (C=O) groups excluding carboxylic acids is 2. The van der Waals surface area contributed by atoms with E-state index in [1.165, 1.54) is 0 Å². The largest absolute Gasteiger partial charge is 0.506 e. The molecule has 0 radical (unpaired) electrons. The molecule has 1 heterocycles. The van der Waals surface area contributed by atoms with Crippen molar-refractivity contribution < 1.29 is 23.5 Å². The van der Waals surface area contributed by atoms with Gasteiger partial charge >= 0.3 is 0 Å². The molecule has 4 N–H and O–H groups in total. The van der Waals surface area contributed by atoms with Crippen LogP contribution in [0.15, 0.2) is 12.1 Å². The fourth-order valence-corrected chi connectivity index (χ4v) is 4.72. The average Bonchev–Trinajstić information content (AvgIpc) is 2.85. The van der Waals surface area contributed by atoms with Crippen LogP contribution in [-0.2, 0) is 33.8 Å².